The molecule has 3 rings (SSSR count). The van der Waals surface area contributed by atoms with Gasteiger partial charge in [-0.05, 0) is 38.1 Å². The van der Waals surface area contributed by atoms with E-state index < -0.39 is 17.4 Å². The number of rotatable bonds is 6. The normalized spacial score (nSPS) is 10.6. The van der Waals surface area contributed by atoms with E-state index in [2.05, 4.69) is 15.6 Å². The Hall–Kier alpha value is -3.95. The maximum Gasteiger partial charge on any atom is 0.342 e. The van der Waals surface area contributed by atoms with Gasteiger partial charge in [0.25, 0.3) is 11.5 Å². The number of ether oxygens (including phenoxy) is 1. The van der Waals surface area contributed by atoms with Gasteiger partial charge < -0.3 is 19.8 Å². The fourth-order valence-electron chi connectivity index (χ4n) is 2.90. The highest BCUT2D eigenvalue weighted by molar-refractivity contribution is 6.03. The van der Waals surface area contributed by atoms with Gasteiger partial charge in [-0.1, -0.05) is 0 Å². The molecule has 10 heteroatoms. The summed E-state index contributed by atoms with van der Waals surface area (Å²) in [6.07, 6.45) is 1.18. The molecular formula is C20H20N4O6. The van der Waals surface area contributed by atoms with E-state index in [0.29, 0.717) is 11.3 Å². The predicted octanol–water partition coefficient (Wildman–Crippen LogP) is 1.47. The van der Waals surface area contributed by atoms with E-state index in [1.165, 1.54) is 20.3 Å². The van der Waals surface area contributed by atoms with Gasteiger partial charge in [-0.3, -0.25) is 19.0 Å². The minimum absolute atomic E-state index is 0.00185. The standard InChI is InChI=1S/C20H20N4O6/c1-4-29-20(28)15-11(2)30-18-16(15)19(27)24(10-22-18)9-14(25)23-13-7-5-12(6-8-13)17(26)21-3/h5-8,10H,4,9H2,1-3H3,(H,21,26)(H,23,25). The predicted molar refractivity (Wildman–Crippen MR) is 107 cm³/mol. The molecule has 10 nitrogen and oxygen atoms in total. The Morgan fingerprint density at radius 1 is 1.20 bits per heavy atom. The highest BCUT2D eigenvalue weighted by Gasteiger charge is 2.24. The summed E-state index contributed by atoms with van der Waals surface area (Å²) in [7, 11) is 1.52. The number of nitrogens with zero attached hydrogens (tertiary/aromatic N) is 2. The van der Waals surface area contributed by atoms with Crippen molar-refractivity contribution in [3.05, 3.63) is 57.8 Å². The van der Waals surface area contributed by atoms with Crippen LogP contribution in [-0.2, 0) is 16.1 Å². The van der Waals surface area contributed by atoms with Crippen molar-refractivity contribution in [3.8, 4) is 0 Å². The first-order valence-corrected chi connectivity index (χ1v) is 9.13. The van der Waals surface area contributed by atoms with E-state index in [1.807, 2.05) is 0 Å². The van der Waals surface area contributed by atoms with Crippen molar-refractivity contribution in [3.63, 3.8) is 0 Å². The molecule has 30 heavy (non-hydrogen) atoms. The summed E-state index contributed by atoms with van der Waals surface area (Å²) in [5, 5.41) is 5.11. The molecule has 0 bridgehead atoms. The minimum Gasteiger partial charge on any atom is -0.462 e. The molecule has 0 aliphatic carbocycles. The second-order valence-electron chi connectivity index (χ2n) is 6.32. The molecule has 0 aliphatic heterocycles. The summed E-state index contributed by atoms with van der Waals surface area (Å²) in [6.45, 7) is 3.00. The molecule has 0 saturated carbocycles. The van der Waals surface area contributed by atoms with Crippen LogP contribution in [0.1, 0.15) is 33.4 Å². The van der Waals surface area contributed by atoms with Gasteiger partial charge in [0.1, 0.15) is 29.6 Å². The number of carbonyl (C=O) groups is 3. The zero-order valence-electron chi connectivity index (χ0n) is 16.6. The Balaban J connectivity index is 1.83. The number of furan rings is 1. The molecule has 0 radical (unpaired) electrons. The summed E-state index contributed by atoms with van der Waals surface area (Å²) in [6, 6.07) is 6.28. The van der Waals surface area contributed by atoms with E-state index >= 15 is 0 Å². The zero-order valence-corrected chi connectivity index (χ0v) is 16.6. The third-order valence-corrected chi connectivity index (χ3v) is 4.31. The molecule has 2 N–H and O–H groups in total. The highest BCUT2D eigenvalue weighted by atomic mass is 16.5. The van der Waals surface area contributed by atoms with Gasteiger partial charge in [0.2, 0.25) is 11.6 Å². The smallest absolute Gasteiger partial charge is 0.342 e. The molecule has 0 spiro atoms. The van der Waals surface area contributed by atoms with E-state index in [4.69, 9.17) is 9.15 Å². The fourth-order valence-corrected chi connectivity index (χ4v) is 2.90. The number of aryl methyl sites for hydroxylation is 1. The molecule has 0 unspecified atom stereocenters. The number of hydrogen-bond acceptors (Lipinski definition) is 7. The van der Waals surface area contributed by atoms with Crippen LogP contribution in [0.3, 0.4) is 0 Å². The van der Waals surface area contributed by atoms with Crippen LogP contribution in [0.25, 0.3) is 11.1 Å². The molecule has 0 fully saturated rings. The van der Waals surface area contributed by atoms with Crippen molar-refractivity contribution < 1.29 is 23.5 Å². The monoisotopic (exact) mass is 412 g/mol. The van der Waals surface area contributed by atoms with Crippen LogP contribution in [-0.4, -0.2) is 41.0 Å². The van der Waals surface area contributed by atoms with Gasteiger partial charge in [-0.15, -0.1) is 0 Å². The summed E-state index contributed by atoms with van der Waals surface area (Å²) in [5.74, 6) is -1.20. The first-order chi connectivity index (χ1) is 14.3. The molecule has 2 aromatic heterocycles. The van der Waals surface area contributed by atoms with Gasteiger partial charge in [0.05, 0.1) is 6.61 Å². The summed E-state index contributed by atoms with van der Waals surface area (Å²) in [4.78, 5) is 53.0. The number of esters is 1. The fraction of sp³-hybridized carbons (Fsp3) is 0.250. The number of benzene rings is 1. The van der Waals surface area contributed by atoms with Crippen LogP contribution in [0.5, 0.6) is 0 Å². The number of carbonyl (C=O) groups excluding carboxylic acids is 3. The van der Waals surface area contributed by atoms with Crippen molar-refractivity contribution in [1.29, 1.82) is 0 Å². The van der Waals surface area contributed by atoms with E-state index in [1.54, 1.807) is 31.2 Å². The number of aromatic nitrogens is 2. The Kier molecular flexibility index (Phi) is 5.95. The minimum atomic E-state index is -0.689. The first-order valence-electron chi connectivity index (χ1n) is 9.13. The van der Waals surface area contributed by atoms with Gasteiger partial charge in [-0.2, -0.15) is 0 Å². The second kappa shape index (κ2) is 8.60. The largest absolute Gasteiger partial charge is 0.462 e. The van der Waals surface area contributed by atoms with Crippen LogP contribution in [0, 0.1) is 6.92 Å². The maximum absolute atomic E-state index is 12.8. The molecule has 0 atom stereocenters. The van der Waals surface area contributed by atoms with Gasteiger partial charge >= 0.3 is 5.97 Å². The number of nitrogens with one attached hydrogen (secondary N) is 2. The van der Waals surface area contributed by atoms with Crippen LogP contribution < -0.4 is 16.2 Å². The van der Waals surface area contributed by atoms with Crippen LogP contribution in [0.4, 0.5) is 5.69 Å². The third-order valence-electron chi connectivity index (χ3n) is 4.31. The van der Waals surface area contributed by atoms with E-state index in [-0.39, 0.29) is 41.5 Å². The van der Waals surface area contributed by atoms with Gasteiger partial charge in [-0.25, -0.2) is 9.78 Å². The summed E-state index contributed by atoms with van der Waals surface area (Å²) in [5.41, 5.74) is 0.320. The summed E-state index contributed by atoms with van der Waals surface area (Å²) >= 11 is 0. The number of fused-ring (bicyclic) bond motifs is 1. The topological polar surface area (TPSA) is 133 Å². The van der Waals surface area contributed by atoms with E-state index in [9.17, 15) is 19.2 Å². The maximum atomic E-state index is 12.8. The van der Waals surface area contributed by atoms with Crippen molar-refractivity contribution in [2.75, 3.05) is 19.0 Å². The number of hydrogen-bond donors (Lipinski definition) is 2. The quantitative estimate of drug-likeness (QED) is 0.586. The lowest BCUT2D eigenvalue weighted by molar-refractivity contribution is -0.116. The average Bonchev–Trinajstić information content (AvgIpc) is 3.07. The Morgan fingerprint density at radius 3 is 2.53 bits per heavy atom. The molecule has 0 saturated heterocycles. The van der Waals surface area contributed by atoms with Crippen molar-refractivity contribution >= 4 is 34.6 Å². The summed E-state index contributed by atoms with van der Waals surface area (Å²) < 4.78 is 11.4. The van der Waals surface area contributed by atoms with Crippen molar-refractivity contribution in [1.82, 2.24) is 14.9 Å². The molecule has 1 aromatic carbocycles. The van der Waals surface area contributed by atoms with Crippen LogP contribution in [0.2, 0.25) is 0 Å². The van der Waals surface area contributed by atoms with Crippen LogP contribution in [0.15, 0.2) is 39.8 Å². The van der Waals surface area contributed by atoms with Crippen molar-refractivity contribution in [2.24, 2.45) is 0 Å². The lowest BCUT2D eigenvalue weighted by atomic mass is 10.2. The Bertz CT molecular complexity index is 1180. The average molecular weight is 412 g/mol. The zero-order chi connectivity index (χ0) is 21.8. The lowest BCUT2D eigenvalue weighted by Crippen LogP contribution is -2.28. The number of amides is 2. The molecule has 2 heterocycles. The third kappa shape index (κ3) is 4.07. The highest BCUT2D eigenvalue weighted by Crippen LogP contribution is 2.21. The van der Waals surface area contributed by atoms with Gasteiger partial charge in [0.15, 0.2) is 0 Å². The van der Waals surface area contributed by atoms with E-state index in [0.717, 1.165) is 4.57 Å². The Labute approximate surface area is 170 Å². The molecule has 2 amide bonds. The SMILES string of the molecule is CCOC(=O)c1c(C)oc2ncn(CC(=O)Nc3ccc(C(=O)NC)cc3)c(=O)c12. The lowest BCUT2D eigenvalue weighted by Gasteiger charge is -2.08. The second-order valence-corrected chi connectivity index (χ2v) is 6.32. The molecular weight excluding hydrogens is 392 g/mol. The first kappa shape index (κ1) is 20.8. The molecule has 156 valence electrons. The van der Waals surface area contributed by atoms with Crippen LogP contribution >= 0.6 is 0 Å². The molecule has 0 aliphatic rings. The molecule has 3 aromatic rings. The number of anilines is 1. The van der Waals surface area contributed by atoms with Crippen molar-refractivity contribution in [2.45, 2.75) is 20.4 Å². The van der Waals surface area contributed by atoms with Gasteiger partial charge in [0, 0.05) is 18.3 Å². The Morgan fingerprint density at radius 2 is 1.90 bits per heavy atom.